The van der Waals surface area contributed by atoms with E-state index in [0.29, 0.717) is 5.56 Å². The fraction of sp³-hybridized carbons (Fsp3) is 0.0417. The van der Waals surface area contributed by atoms with Crippen molar-refractivity contribution in [1.82, 2.24) is 0 Å². The van der Waals surface area contributed by atoms with Crippen molar-refractivity contribution in [2.24, 2.45) is 0 Å². The van der Waals surface area contributed by atoms with Crippen molar-refractivity contribution in [2.45, 2.75) is 6.92 Å². The highest BCUT2D eigenvalue weighted by Gasteiger charge is 2.16. The molecule has 10 nitrogen and oxygen atoms in total. The summed E-state index contributed by atoms with van der Waals surface area (Å²) in [4.78, 5) is 22.7. The molecule has 0 fully saturated rings. The SMILES string of the molecule is CC(=O)Nc1c(C=Cc2ccc(N(O)O)cc2[N+](=O)[O-])ccc2c([O-])c3ccccc3c([O-])c12. The Bertz CT molecular complexity index is 1500. The number of nitro groups is 1. The van der Waals surface area contributed by atoms with Gasteiger partial charge in [0.25, 0.3) is 5.69 Å². The lowest BCUT2D eigenvalue weighted by Gasteiger charge is -2.25. The highest BCUT2D eigenvalue weighted by Crippen LogP contribution is 2.43. The Morgan fingerprint density at radius 1 is 0.941 bits per heavy atom. The van der Waals surface area contributed by atoms with Crippen LogP contribution in [0.2, 0.25) is 0 Å². The van der Waals surface area contributed by atoms with Gasteiger partial charge in [0, 0.05) is 13.0 Å². The number of carbonyl (C=O) groups is 1. The van der Waals surface area contributed by atoms with Crippen LogP contribution >= 0.6 is 0 Å². The van der Waals surface area contributed by atoms with Crippen molar-refractivity contribution in [1.29, 1.82) is 0 Å². The monoisotopic (exact) mass is 459 g/mol. The molecule has 0 saturated carbocycles. The summed E-state index contributed by atoms with van der Waals surface area (Å²) >= 11 is 0. The fourth-order valence-electron chi connectivity index (χ4n) is 3.79. The molecule has 0 aliphatic carbocycles. The number of nitrogens with one attached hydrogen (secondary N) is 1. The van der Waals surface area contributed by atoms with Gasteiger partial charge in [0.2, 0.25) is 5.91 Å². The van der Waals surface area contributed by atoms with Gasteiger partial charge < -0.3 is 15.5 Å². The van der Waals surface area contributed by atoms with Crippen LogP contribution in [0.25, 0.3) is 33.7 Å². The molecule has 4 rings (SSSR count). The number of nitrogens with zero attached hydrogens (tertiary/aromatic N) is 2. The molecular formula is C24H17N3O7-2. The van der Waals surface area contributed by atoms with Gasteiger partial charge in [-0.05, 0) is 45.3 Å². The van der Waals surface area contributed by atoms with E-state index < -0.39 is 22.3 Å². The lowest BCUT2D eigenvalue weighted by molar-refractivity contribution is -0.385. The normalized spacial score (nSPS) is 11.3. The van der Waals surface area contributed by atoms with Crippen LogP contribution in [0.15, 0.2) is 54.6 Å². The van der Waals surface area contributed by atoms with E-state index in [1.807, 2.05) is 0 Å². The number of nitro benzene ring substituents is 1. The van der Waals surface area contributed by atoms with Crippen molar-refractivity contribution in [3.8, 4) is 11.5 Å². The first-order valence-electron chi connectivity index (χ1n) is 9.96. The minimum absolute atomic E-state index is 0.0436. The first-order valence-corrected chi connectivity index (χ1v) is 9.96. The van der Waals surface area contributed by atoms with Crippen LogP contribution in [0.4, 0.5) is 17.1 Å². The largest absolute Gasteiger partial charge is 0.872 e. The molecule has 0 saturated heterocycles. The molecule has 34 heavy (non-hydrogen) atoms. The van der Waals surface area contributed by atoms with Crippen LogP contribution < -0.4 is 20.8 Å². The van der Waals surface area contributed by atoms with Crippen molar-refractivity contribution >= 4 is 56.7 Å². The summed E-state index contributed by atoms with van der Waals surface area (Å²) in [5.74, 6) is -1.25. The van der Waals surface area contributed by atoms with Gasteiger partial charge in [0.1, 0.15) is 5.69 Å². The van der Waals surface area contributed by atoms with Crippen LogP contribution in [0, 0.1) is 10.1 Å². The molecule has 0 atom stereocenters. The summed E-state index contributed by atoms with van der Waals surface area (Å²) in [6.07, 6.45) is 2.85. The number of carbonyl (C=O) groups excluding carboxylic acids is 1. The average Bonchev–Trinajstić information content (AvgIpc) is 2.81. The quantitative estimate of drug-likeness (QED) is 0.176. The second-order valence-corrected chi connectivity index (χ2v) is 7.46. The smallest absolute Gasteiger partial charge is 0.278 e. The lowest BCUT2D eigenvalue weighted by atomic mass is 9.96. The maximum atomic E-state index is 13.3. The molecule has 1 amide bonds. The third-order valence-electron chi connectivity index (χ3n) is 5.31. The Kier molecular flexibility index (Phi) is 5.76. The summed E-state index contributed by atoms with van der Waals surface area (Å²) in [5, 5.41) is 59.0. The summed E-state index contributed by atoms with van der Waals surface area (Å²) in [7, 11) is 0. The Morgan fingerprint density at radius 2 is 1.56 bits per heavy atom. The van der Waals surface area contributed by atoms with Crippen molar-refractivity contribution < 1.29 is 30.3 Å². The molecule has 0 heterocycles. The number of benzene rings is 4. The van der Waals surface area contributed by atoms with E-state index in [4.69, 9.17) is 10.4 Å². The number of hydrogen-bond acceptors (Lipinski definition) is 8. The van der Waals surface area contributed by atoms with Crippen LogP contribution in [-0.4, -0.2) is 21.2 Å². The second kappa shape index (κ2) is 8.70. The lowest BCUT2D eigenvalue weighted by Crippen LogP contribution is -2.11. The zero-order chi connectivity index (χ0) is 24.6. The molecule has 0 bridgehead atoms. The van der Waals surface area contributed by atoms with Gasteiger partial charge in [-0.1, -0.05) is 54.0 Å². The summed E-state index contributed by atoms with van der Waals surface area (Å²) < 4.78 is 0. The van der Waals surface area contributed by atoms with Crippen LogP contribution in [0.5, 0.6) is 11.5 Å². The Hall–Kier alpha value is -4.67. The zero-order valence-electron chi connectivity index (χ0n) is 17.7. The molecule has 10 heteroatoms. The number of hydrogen-bond donors (Lipinski definition) is 3. The predicted molar refractivity (Wildman–Crippen MR) is 123 cm³/mol. The van der Waals surface area contributed by atoms with Gasteiger partial charge in [-0.15, -0.1) is 5.23 Å². The maximum Gasteiger partial charge on any atom is 0.278 e. The van der Waals surface area contributed by atoms with Gasteiger partial charge in [0.15, 0.2) is 0 Å². The molecule has 0 aliphatic rings. The van der Waals surface area contributed by atoms with Crippen molar-refractivity contribution in [3.63, 3.8) is 0 Å². The van der Waals surface area contributed by atoms with E-state index in [-0.39, 0.29) is 49.5 Å². The summed E-state index contributed by atoms with van der Waals surface area (Å²) in [6, 6.07) is 12.9. The Labute approximate surface area is 192 Å². The van der Waals surface area contributed by atoms with Crippen LogP contribution in [0.3, 0.4) is 0 Å². The highest BCUT2D eigenvalue weighted by atomic mass is 16.8. The van der Waals surface area contributed by atoms with E-state index in [1.165, 1.54) is 49.4 Å². The minimum Gasteiger partial charge on any atom is -0.872 e. The van der Waals surface area contributed by atoms with E-state index in [1.54, 1.807) is 18.2 Å². The molecular weight excluding hydrogens is 442 g/mol. The topological polar surface area (TPSA) is 162 Å². The number of rotatable bonds is 5. The third kappa shape index (κ3) is 3.94. The van der Waals surface area contributed by atoms with E-state index in [9.17, 15) is 25.1 Å². The van der Waals surface area contributed by atoms with Gasteiger partial charge in [0.05, 0.1) is 16.2 Å². The molecule has 0 radical (unpaired) electrons. The van der Waals surface area contributed by atoms with E-state index >= 15 is 0 Å². The molecule has 3 N–H and O–H groups in total. The molecule has 0 aliphatic heterocycles. The Morgan fingerprint density at radius 3 is 2.18 bits per heavy atom. The molecule has 0 unspecified atom stereocenters. The van der Waals surface area contributed by atoms with Crippen molar-refractivity contribution in [3.05, 3.63) is 75.8 Å². The standard InChI is InChI=1S/C24H19N3O7/c1-13(28)25-22-15(7-6-14-8-10-16(26(31)32)12-20(14)27(33)34)9-11-19-21(22)24(30)18-5-3-2-4-17(18)23(19)29/h2-12,29-32H,1H3,(H,25,28)/p-2. The maximum absolute atomic E-state index is 13.3. The van der Waals surface area contributed by atoms with Gasteiger partial charge >= 0.3 is 0 Å². The zero-order valence-corrected chi connectivity index (χ0v) is 17.7. The van der Waals surface area contributed by atoms with Crippen LogP contribution in [-0.2, 0) is 4.79 Å². The number of amides is 1. The first kappa shape index (κ1) is 22.5. The van der Waals surface area contributed by atoms with Gasteiger partial charge in [-0.2, -0.15) is 0 Å². The predicted octanol–water partition coefficient (Wildman–Crippen LogP) is 3.76. The van der Waals surface area contributed by atoms with Crippen molar-refractivity contribution in [2.75, 3.05) is 10.5 Å². The third-order valence-corrected chi connectivity index (χ3v) is 5.31. The highest BCUT2D eigenvalue weighted by molar-refractivity contribution is 6.17. The summed E-state index contributed by atoms with van der Waals surface area (Å²) in [6.45, 7) is 1.26. The Balaban J connectivity index is 1.94. The molecule has 4 aromatic carbocycles. The minimum atomic E-state index is -0.687. The first-order chi connectivity index (χ1) is 16.2. The van der Waals surface area contributed by atoms with Crippen LogP contribution in [0.1, 0.15) is 18.1 Å². The van der Waals surface area contributed by atoms with E-state index in [2.05, 4.69) is 5.32 Å². The molecule has 0 spiro atoms. The molecule has 172 valence electrons. The summed E-state index contributed by atoms with van der Waals surface area (Å²) in [5.41, 5.74) is -0.0145. The van der Waals surface area contributed by atoms with Gasteiger partial charge in [-0.3, -0.25) is 25.3 Å². The van der Waals surface area contributed by atoms with E-state index in [0.717, 1.165) is 6.07 Å². The average molecular weight is 459 g/mol. The molecule has 0 aromatic heterocycles. The number of fused-ring (bicyclic) bond motifs is 2. The fourth-order valence-corrected chi connectivity index (χ4v) is 3.79. The number of anilines is 2. The molecule has 4 aromatic rings. The second-order valence-electron chi connectivity index (χ2n) is 7.46. The van der Waals surface area contributed by atoms with Gasteiger partial charge in [-0.25, -0.2) is 0 Å².